The summed E-state index contributed by atoms with van der Waals surface area (Å²) in [6, 6.07) is 1.73. The number of ketones is 1. The summed E-state index contributed by atoms with van der Waals surface area (Å²) in [6.45, 7) is 0. The van der Waals surface area contributed by atoms with Gasteiger partial charge < -0.3 is 14.7 Å². The van der Waals surface area contributed by atoms with Crippen molar-refractivity contribution >= 4 is 15.9 Å². The molecule has 1 atom stereocenters. The number of alkyl halides is 3. The van der Waals surface area contributed by atoms with E-state index in [4.69, 9.17) is 21.5 Å². The summed E-state index contributed by atoms with van der Waals surface area (Å²) in [7, 11) is -4.52. The summed E-state index contributed by atoms with van der Waals surface area (Å²) in [6.07, 6.45) is -8.48. The fourth-order valence-electron chi connectivity index (χ4n) is 2.16. The van der Waals surface area contributed by atoms with Gasteiger partial charge in [-0.3, -0.25) is 4.79 Å². The Labute approximate surface area is 165 Å². The number of hydrogen-bond acceptors (Lipinski definition) is 6. The first-order valence-corrected chi connectivity index (χ1v) is 9.05. The van der Waals surface area contributed by atoms with E-state index in [-0.39, 0.29) is 5.56 Å². The first-order valence-electron chi connectivity index (χ1n) is 9.98. The number of halogens is 3. The van der Waals surface area contributed by atoms with Crippen LogP contribution in [0, 0.1) is 0 Å². The van der Waals surface area contributed by atoms with E-state index in [1.807, 2.05) is 0 Å². The van der Waals surface area contributed by atoms with E-state index in [0.717, 1.165) is 0 Å². The summed E-state index contributed by atoms with van der Waals surface area (Å²) in [5, 5.41) is 0. The van der Waals surface area contributed by atoms with Gasteiger partial charge in [-0.15, -0.1) is 0 Å². The van der Waals surface area contributed by atoms with Gasteiger partial charge in [0.15, 0.2) is 6.08 Å². The summed E-state index contributed by atoms with van der Waals surface area (Å²) >= 11 is 0. The minimum absolute atomic E-state index is 0.280. The topological polar surface area (TPSA) is 95.7 Å². The lowest BCUT2D eigenvalue weighted by atomic mass is 10.0. The quantitative estimate of drug-likeness (QED) is 0.750. The molecule has 10 heteroatoms. The molecule has 0 bridgehead atoms. The second-order valence-electron chi connectivity index (χ2n) is 5.47. The normalized spacial score (nSPS) is 22.7. The lowest BCUT2D eigenvalue weighted by molar-refractivity contribution is -0.137. The van der Waals surface area contributed by atoms with Crippen molar-refractivity contribution in [1.82, 2.24) is 0 Å². The Hall–Kier alpha value is -3.01. The molecule has 0 radical (unpaired) electrons. The zero-order chi connectivity index (χ0) is 24.9. The van der Waals surface area contributed by atoms with Crippen LogP contribution in [0.1, 0.15) is 29.6 Å². The third-order valence-electron chi connectivity index (χ3n) is 3.38. The lowest BCUT2D eigenvalue weighted by Crippen LogP contribution is -2.16. The van der Waals surface area contributed by atoms with Crippen molar-refractivity contribution in [3.63, 3.8) is 0 Å². The predicted octanol–water partition coefficient (Wildman–Crippen LogP) is 3.02. The molecule has 1 heterocycles. The number of carbonyl (C=O) groups is 1. The molecule has 0 unspecified atom stereocenters. The highest BCUT2D eigenvalue weighted by Crippen LogP contribution is 2.35. The third kappa shape index (κ3) is 4.28. The van der Waals surface area contributed by atoms with Crippen LogP contribution in [0.25, 0.3) is 0 Å². The van der Waals surface area contributed by atoms with Crippen LogP contribution in [0.5, 0.6) is 0 Å². The summed E-state index contributed by atoms with van der Waals surface area (Å²) < 4.78 is 113. The van der Waals surface area contributed by atoms with Crippen LogP contribution >= 0.6 is 0 Å². The van der Waals surface area contributed by atoms with Gasteiger partial charge in [-0.05, 0) is 17.6 Å². The van der Waals surface area contributed by atoms with Crippen LogP contribution in [0.3, 0.4) is 0 Å². The van der Waals surface area contributed by atoms with Crippen molar-refractivity contribution in [3.05, 3.63) is 82.8 Å². The molecule has 28 heavy (non-hydrogen) atoms. The van der Waals surface area contributed by atoms with Crippen molar-refractivity contribution in [1.29, 1.82) is 0 Å². The maximum atomic E-state index is 13.2. The molecule has 0 spiro atoms. The second-order valence-corrected chi connectivity index (χ2v) is 7.04. The van der Waals surface area contributed by atoms with Crippen molar-refractivity contribution in [2.45, 2.75) is 18.0 Å². The number of carbonyl (C=O) groups excluding carboxylic acids is 1. The van der Waals surface area contributed by atoms with Crippen LogP contribution < -0.4 is 5.73 Å². The molecule has 1 aliphatic heterocycles. The Bertz CT molecular complexity index is 1260. The lowest BCUT2D eigenvalue weighted by Gasteiger charge is -2.12. The van der Waals surface area contributed by atoms with Gasteiger partial charge in [0.1, 0.15) is 5.75 Å². The standard InChI is InChI=1S/C18H14F3NO5S/c19-18(20,21)13-8-6-12(7-9-13)15-14(23)16(17(22)26-15)27-28(24,25)10-11-4-2-1-3-5-11/h1-9,15H,10,22H2/t15-/m1/s1/i6D,7D,8D,9D,15D. The highest BCUT2D eigenvalue weighted by atomic mass is 32.2. The average Bonchev–Trinajstić information content (AvgIpc) is 2.89. The van der Waals surface area contributed by atoms with Crippen molar-refractivity contribution in [2.75, 3.05) is 0 Å². The van der Waals surface area contributed by atoms with E-state index >= 15 is 0 Å². The van der Waals surface area contributed by atoms with Crippen LogP contribution in [0.4, 0.5) is 13.2 Å². The highest BCUT2D eigenvalue weighted by molar-refractivity contribution is 7.86. The Morgan fingerprint density at radius 2 is 1.79 bits per heavy atom. The van der Waals surface area contributed by atoms with Crippen LogP contribution in [-0.4, -0.2) is 14.2 Å². The molecule has 2 aromatic rings. The molecule has 0 saturated heterocycles. The molecule has 3 rings (SSSR count). The maximum absolute atomic E-state index is 13.2. The SMILES string of the molecule is [2H]c1c([2H])c([C@@]2([2H])OC(N)=C(OS(=O)(=O)Cc3ccccc3)C2=O)c([2H])c([2H])c1C(F)(F)F. The van der Waals surface area contributed by atoms with Crippen LogP contribution in [-0.2, 0) is 35.8 Å². The zero-order valence-electron chi connectivity index (χ0n) is 18.8. The van der Waals surface area contributed by atoms with Gasteiger partial charge >= 0.3 is 16.3 Å². The Morgan fingerprint density at radius 3 is 2.36 bits per heavy atom. The summed E-state index contributed by atoms with van der Waals surface area (Å²) in [4.78, 5) is 12.8. The first kappa shape index (κ1) is 14.1. The first-order chi connectivity index (χ1) is 15.1. The van der Waals surface area contributed by atoms with Crippen LogP contribution in [0.2, 0.25) is 0 Å². The second kappa shape index (κ2) is 7.19. The molecule has 2 aromatic carbocycles. The highest BCUT2D eigenvalue weighted by Gasteiger charge is 2.40. The largest absolute Gasteiger partial charge is 0.460 e. The number of benzene rings is 2. The van der Waals surface area contributed by atoms with Gasteiger partial charge in [-0.2, -0.15) is 21.6 Å². The molecular weight excluding hydrogens is 399 g/mol. The minimum Gasteiger partial charge on any atom is -0.460 e. The van der Waals surface area contributed by atoms with E-state index in [1.54, 1.807) is 18.2 Å². The van der Waals surface area contributed by atoms with Gasteiger partial charge in [-0.1, -0.05) is 42.4 Å². The Kier molecular flexibility index (Phi) is 3.61. The molecule has 0 aliphatic carbocycles. The molecular formula is C18H14F3NO5S. The smallest absolute Gasteiger partial charge is 0.416 e. The van der Waals surface area contributed by atoms with Crippen molar-refractivity contribution in [3.8, 4) is 0 Å². The predicted molar refractivity (Wildman–Crippen MR) is 91.6 cm³/mol. The molecule has 6 nitrogen and oxygen atoms in total. The fourth-order valence-corrected chi connectivity index (χ4v) is 3.24. The van der Waals surface area contributed by atoms with E-state index in [0.29, 0.717) is 0 Å². The number of rotatable bonds is 5. The van der Waals surface area contributed by atoms with Crippen molar-refractivity contribution < 1.29 is 42.2 Å². The molecule has 0 fully saturated rings. The summed E-state index contributed by atoms with van der Waals surface area (Å²) in [5.74, 6) is -4.53. The number of nitrogens with two attached hydrogens (primary N) is 1. The van der Waals surface area contributed by atoms with Gasteiger partial charge in [0, 0.05) is 5.56 Å². The van der Waals surface area contributed by atoms with Gasteiger partial charge in [0.25, 0.3) is 0 Å². The van der Waals surface area contributed by atoms with Gasteiger partial charge in [0.05, 0.1) is 12.4 Å². The van der Waals surface area contributed by atoms with E-state index < -0.39 is 80.8 Å². The molecule has 0 amide bonds. The number of ether oxygens (including phenoxy) is 1. The number of Topliss-reactive ketones (excluding diaryl/α,β-unsaturated/α-hetero) is 1. The van der Waals surface area contributed by atoms with E-state index in [1.165, 1.54) is 12.1 Å². The molecule has 1 aliphatic rings. The summed E-state index contributed by atoms with van der Waals surface area (Å²) in [5.41, 5.74) is 2.68. The van der Waals surface area contributed by atoms with Crippen molar-refractivity contribution in [2.24, 2.45) is 5.73 Å². The minimum atomic E-state index is -5.26. The monoisotopic (exact) mass is 418 g/mol. The van der Waals surface area contributed by atoms with E-state index in [9.17, 15) is 26.4 Å². The average molecular weight is 418 g/mol. The van der Waals surface area contributed by atoms with Crippen LogP contribution in [0.15, 0.2) is 66.1 Å². The molecule has 2 N–H and O–H groups in total. The van der Waals surface area contributed by atoms with Gasteiger partial charge in [-0.25, -0.2) is 0 Å². The Morgan fingerprint density at radius 1 is 1.18 bits per heavy atom. The Balaban J connectivity index is 2.02. The third-order valence-corrected chi connectivity index (χ3v) is 4.49. The molecule has 0 aromatic heterocycles. The zero-order valence-corrected chi connectivity index (χ0v) is 14.6. The van der Waals surface area contributed by atoms with Gasteiger partial charge in [0.2, 0.25) is 17.4 Å². The number of hydrogen-bond donors (Lipinski definition) is 1. The maximum Gasteiger partial charge on any atom is 0.416 e. The molecule has 148 valence electrons. The fraction of sp³-hybridized carbons (Fsp3) is 0.167. The van der Waals surface area contributed by atoms with E-state index in [2.05, 4.69) is 0 Å². The molecule has 0 saturated carbocycles.